The summed E-state index contributed by atoms with van der Waals surface area (Å²) in [6.45, 7) is 6.15. The molecule has 2 rings (SSSR count). The van der Waals surface area contributed by atoms with Gasteiger partial charge in [0.25, 0.3) is 0 Å². The number of Topliss-reactive ketones (excluding diaryl/α,β-unsaturated/α-hetero) is 1. The van der Waals surface area contributed by atoms with Crippen molar-refractivity contribution < 1.29 is 14.7 Å². The number of carbonyl (C=O) groups excluding carboxylic acids is 1. The number of nitrogens with zero attached hydrogens (tertiary/aromatic N) is 1. The van der Waals surface area contributed by atoms with E-state index in [1.165, 1.54) is 0 Å². The van der Waals surface area contributed by atoms with Gasteiger partial charge in [-0.15, -0.1) is 0 Å². The molecule has 0 radical (unpaired) electrons. The van der Waals surface area contributed by atoms with Gasteiger partial charge >= 0.3 is 0 Å². The zero-order valence-electron chi connectivity index (χ0n) is 15.9. The molecule has 0 fully saturated rings. The number of oxime groups is 1. The standard InChI is InChI=1S/C21H25Cl2NO3/c1-4-6-17(20-18(25)12-21(2,3)13-19(20)26)24-27-10-5-7-14-8-9-15(22)11-16(14)23/h5,7-9,11,25H,4,6,10,12-13H2,1-3H3/b7-5+,24-17?. The molecule has 1 N–H and O–H groups in total. The minimum Gasteiger partial charge on any atom is -0.511 e. The molecule has 0 amide bonds. The fraction of sp³-hybridized carbons (Fsp3) is 0.429. The van der Waals surface area contributed by atoms with E-state index in [1.54, 1.807) is 18.2 Å². The Bertz CT molecular complexity index is 795. The summed E-state index contributed by atoms with van der Waals surface area (Å²) in [6.07, 6.45) is 5.82. The monoisotopic (exact) mass is 409 g/mol. The topological polar surface area (TPSA) is 58.9 Å². The van der Waals surface area contributed by atoms with Crippen LogP contribution in [0.4, 0.5) is 0 Å². The number of ketones is 1. The average molecular weight is 410 g/mol. The van der Waals surface area contributed by atoms with Crippen molar-refractivity contribution >= 4 is 40.8 Å². The van der Waals surface area contributed by atoms with E-state index in [9.17, 15) is 9.90 Å². The molecule has 0 aliphatic heterocycles. The molecule has 0 saturated carbocycles. The van der Waals surface area contributed by atoms with Crippen molar-refractivity contribution in [3.8, 4) is 0 Å². The number of allylic oxidation sites excluding steroid dienone is 2. The molecule has 0 spiro atoms. The number of hydrogen-bond acceptors (Lipinski definition) is 4. The largest absolute Gasteiger partial charge is 0.511 e. The second kappa shape index (κ2) is 9.43. The van der Waals surface area contributed by atoms with Crippen LogP contribution in [0.3, 0.4) is 0 Å². The molecule has 146 valence electrons. The molecule has 0 atom stereocenters. The Balaban J connectivity index is 2.07. The van der Waals surface area contributed by atoms with Crippen LogP contribution < -0.4 is 0 Å². The van der Waals surface area contributed by atoms with Gasteiger partial charge in [-0.05, 0) is 35.6 Å². The normalized spacial score (nSPS) is 17.7. The molecule has 0 unspecified atom stereocenters. The second-order valence-corrected chi connectivity index (χ2v) is 8.26. The highest BCUT2D eigenvalue weighted by Crippen LogP contribution is 2.36. The Morgan fingerprint density at radius 2 is 2.07 bits per heavy atom. The summed E-state index contributed by atoms with van der Waals surface area (Å²) < 4.78 is 0. The first-order valence-corrected chi connectivity index (χ1v) is 9.75. The zero-order chi connectivity index (χ0) is 20.0. The van der Waals surface area contributed by atoms with E-state index in [0.29, 0.717) is 40.6 Å². The quantitative estimate of drug-likeness (QED) is 0.322. The van der Waals surface area contributed by atoms with E-state index in [4.69, 9.17) is 28.0 Å². The predicted molar refractivity (Wildman–Crippen MR) is 111 cm³/mol. The molecular weight excluding hydrogens is 385 g/mol. The highest BCUT2D eigenvalue weighted by Gasteiger charge is 2.35. The van der Waals surface area contributed by atoms with Crippen molar-refractivity contribution in [2.24, 2.45) is 10.6 Å². The van der Waals surface area contributed by atoms with E-state index < -0.39 is 0 Å². The van der Waals surface area contributed by atoms with Crippen molar-refractivity contribution in [1.29, 1.82) is 0 Å². The SMILES string of the molecule is CCCC(=NOC/C=C/c1ccc(Cl)cc1Cl)C1=C(O)CC(C)(C)CC1=O. The first-order valence-electron chi connectivity index (χ1n) is 8.99. The number of benzene rings is 1. The van der Waals surface area contributed by atoms with Crippen molar-refractivity contribution in [3.63, 3.8) is 0 Å². The molecule has 0 bridgehead atoms. The predicted octanol–water partition coefficient (Wildman–Crippen LogP) is 6.38. The van der Waals surface area contributed by atoms with Crippen LogP contribution in [0, 0.1) is 5.41 Å². The van der Waals surface area contributed by atoms with Crippen LogP contribution >= 0.6 is 23.2 Å². The van der Waals surface area contributed by atoms with Gasteiger partial charge in [0.1, 0.15) is 12.4 Å². The van der Waals surface area contributed by atoms with Crippen molar-refractivity contribution in [2.45, 2.75) is 46.5 Å². The zero-order valence-corrected chi connectivity index (χ0v) is 17.4. The molecular formula is C21H25Cl2NO3. The third-order valence-electron chi connectivity index (χ3n) is 4.23. The molecule has 0 heterocycles. The van der Waals surface area contributed by atoms with Crippen molar-refractivity contribution in [2.75, 3.05) is 6.61 Å². The van der Waals surface area contributed by atoms with Gasteiger partial charge in [-0.3, -0.25) is 4.79 Å². The van der Waals surface area contributed by atoms with Gasteiger partial charge < -0.3 is 9.94 Å². The molecule has 0 aromatic heterocycles. The number of hydrogen-bond donors (Lipinski definition) is 1. The maximum Gasteiger partial charge on any atom is 0.168 e. The van der Waals surface area contributed by atoms with Gasteiger partial charge in [0, 0.05) is 22.9 Å². The van der Waals surface area contributed by atoms with Gasteiger partial charge in [0.15, 0.2) is 5.78 Å². The molecule has 1 aromatic carbocycles. The van der Waals surface area contributed by atoms with Crippen LogP contribution in [0.5, 0.6) is 0 Å². The van der Waals surface area contributed by atoms with E-state index >= 15 is 0 Å². The van der Waals surface area contributed by atoms with Crippen LogP contribution in [-0.4, -0.2) is 23.2 Å². The average Bonchev–Trinajstić information content (AvgIpc) is 2.54. The molecule has 1 aliphatic rings. The van der Waals surface area contributed by atoms with Gasteiger partial charge in [0.05, 0.1) is 11.3 Å². The molecule has 1 aromatic rings. The van der Waals surface area contributed by atoms with Gasteiger partial charge in [0.2, 0.25) is 0 Å². The lowest BCUT2D eigenvalue weighted by Crippen LogP contribution is -2.29. The third kappa shape index (κ3) is 6.12. The summed E-state index contributed by atoms with van der Waals surface area (Å²) in [5.74, 6) is 0.0265. The van der Waals surface area contributed by atoms with Crippen LogP contribution in [0.2, 0.25) is 10.0 Å². The van der Waals surface area contributed by atoms with E-state index in [0.717, 1.165) is 12.0 Å². The first-order chi connectivity index (χ1) is 12.7. The van der Waals surface area contributed by atoms with Crippen LogP contribution in [0.1, 0.15) is 52.0 Å². The molecule has 0 saturated heterocycles. The molecule has 27 heavy (non-hydrogen) atoms. The van der Waals surface area contributed by atoms with Crippen LogP contribution in [-0.2, 0) is 9.63 Å². The Morgan fingerprint density at radius 1 is 1.33 bits per heavy atom. The number of carbonyl (C=O) groups is 1. The number of aliphatic hydroxyl groups is 1. The van der Waals surface area contributed by atoms with Gasteiger partial charge in [-0.1, -0.05) is 67.7 Å². The smallest absolute Gasteiger partial charge is 0.168 e. The maximum atomic E-state index is 12.5. The van der Waals surface area contributed by atoms with E-state index in [2.05, 4.69) is 5.16 Å². The molecule has 1 aliphatic carbocycles. The lowest BCUT2D eigenvalue weighted by Gasteiger charge is -2.29. The fourth-order valence-electron chi connectivity index (χ4n) is 3.04. The summed E-state index contributed by atoms with van der Waals surface area (Å²) in [5.41, 5.74) is 1.42. The highest BCUT2D eigenvalue weighted by molar-refractivity contribution is 6.35. The summed E-state index contributed by atoms with van der Waals surface area (Å²) >= 11 is 12.0. The lowest BCUT2D eigenvalue weighted by atomic mass is 9.75. The van der Waals surface area contributed by atoms with Crippen molar-refractivity contribution in [3.05, 3.63) is 51.2 Å². The van der Waals surface area contributed by atoms with E-state index in [1.807, 2.05) is 32.9 Å². The van der Waals surface area contributed by atoms with Gasteiger partial charge in [-0.2, -0.15) is 0 Å². The molecule has 4 nitrogen and oxygen atoms in total. The number of rotatable bonds is 7. The summed E-state index contributed by atoms with van der Waals surface area (Å²) in [5, 5.41) is 15.6. The first kappa shape index (κ1) is 21.5. The third-order valence-corrected chi connectivity index (χ3v) is 4.80. The Morgan fingerprint density at radius 3 is 2.70 bits per heavy atom. The fourth-order valence-corrected chi connectivity index (χ4v) is 3.51. The van der Waals surface area contributed by atoms with E-state index in [-0.39, 0.29) is 23.6 Å². The Hall–Kier alpha value is -1.78. The second-order valence-electron chi connectivity index (χ2n) is 7.41. The maximum absolute atomic E-state index is 12.5. The van der Waals surface area contributed by atoms with Crippen molar-refractivity contribution in [1.82, 2.24) is 0 Å². The van der Waals surface area contributed by atoms with Gasteiger partial charge in [-0.25, -0.2) is 0 Å². The summed E-state index contributed by atoms with van der Waals surface area (Å²) in [6, 6.07) is 5.25. The minimum absolute atomic E-state index is 0.0805. The van der Waals surface area contributed by atoms with Crippen LogP contribution in [0.25, 0.3) is 6.08 Å². The summed E-state index contributed by atoms with van der Waals surface area (Å²) in [7, 11) is 0. The number of halogens is 2. The summed E-state index contributed by atoms with van der Waals surface area (Å²) in [4.78, 5) is 17.9. The number of aliphatic hydroxyl groups excluding tert-OH is 1. The Labute approximate surface area is 170 Å². The highest BCUT2D eigenvalue weighted by atomic mass is 35.5. The Kier molecular flexibility index (Phi) is 7.51. The molecule has 6 heteroatoms. The van der Waals surface area contributed by atoms with Crippen LogP contribution in [0.15, 0.2) is 40.8 Å². The lowest BCUT2D eigenvalue weighted by molar-refractivity contribution is -0.118. The minimum atomic E-state index is -0.233.